The number of hydrogen-bond acceptors (Lipinski definition) is 3. The molecule has 0 unspecified atom stereocenters. The van der Waals surface area contributed by atoms with E-state index in [0.29, 0.717) is 0 Å². The Labute approximate surface area is 74.0 Å². The van der Waals surface area contributed by atoms with E-state index < -0.39 is 0 Å². The van der Waals surface area contributed by atoms with E-state index in [0.717, 1.165) is 21.9 Å². The Morgan fingerprint density at radius 2 is 1.85 bits per heavy atom. The first-order valence-corrected chi connectivity index (χ1v) is 4.03. The maximum Gasteiger partial charge on any atom is 0.165 e. The highest BCUT2D eigenvalue weighted by Crippen LogP contribution is 2.22. The van der Waals surface area contributed by atoms with Gasteiger partial charge in [0.2, 0.25) is 0 Å². The minimum atomic E-state index is 0.794. The lowest BCUT2D eigenvalue weighted by molar-refractivity contribution is 0.442. The Hall–Kier alpha value is -1.90. The van der Waals surface area contributed by atoms with Crippen molar-refractivity contribution in [1.82, 2.24) is 10.1 Å². The van der Waals surface area contributed by atoms with Crippen molar-refractivity contribution in [2.75, 3.05) is 0 Å². The van der Waals surface area contributed by atoms with Crippen LogP contribution in [0.4, 0.5) is 0 Å². The molecule has 0 spiro atoms. The normalized spacial score (nSPS) is 11.1. The van der Waals surface area contributed by atoms with Gasteiger partial charge in [0.15, 0.2) is 5.58 Å². The lowest BCUT2D eigenvalue weighted by Gasteiger charge is -1.95. The summed E-state index contributed by atoms with van der Waals surface area (Å²) in [6, 6.07) is 7.73. The van der Waals surface area contributed by atoms with Gasteiger partial charge in [-0.25, -0.2) is 0 Å². The van der Waals surface area contributed by atoms with Crippen LogP contribution in [0.5, 0.6) is 0 Å². The highest BCUT2D eigenvalue weighted by molar-refractivity contribution is 6.03. The average Bonchev–Trinajstić information content (AvgIpc) is 2.65. The van der Waals surface area contributed by atoms with Gasteiger partial charge in [-0.2, -0.15) is 0 Å². The molecule has 1 aromatic carbocycles. The van der Waals surface area contributed by atoms with Crippen LogP contribution < -0.4 is 0 Å². The molecular formula is C10H6N2O. The van der Waals surface area contributed by atoms with Crippen LogP contribution in [0.3, 0.4) is 0 Å². The molecule has 0 aliphatic heterocycles. The Kier molecular flexibility index (Phi) is 1.16. The second-order valence-corrected chi connectivity index (χ2v) is 2.87. The van der Waals surface area contributed by atoms with Gasteiger partial charge in [0.25, 0.3) is 0 Å². The lowest BCUT2D eigenvalue weighted by Crippen LogP contribution is -1.75. The highest BCUT2D eigenvalue weighted by atomic mass is 16.5. The number of fused-ring (bicyclic) bond motifs is 3. The minimum Gasteiger partial charge on any atom is -0.356 e. The quantitative estimate of drug-likeness (QED) is 0.520. The molecule has 0 amide bonds. The average molecular weight is 170 g/mol. The summed E-state index contributed by atoms with van der Waals surface area (Å²) >= 11 is 0. The maximum atomic E-state index is 5.11. The molecule has 13 heavy (non-hydrogen) atoms. The summed E-state index contributed by atoms with van der Waals surface area (Å²) in [5, 5.41) is 5.88. The van der Waals surface area contributed by atoms with Crippen LogP contribution in [0, 0.1) is 0 Å². The van der Waals surface area contributed by atoms with Gasteiger partial charge in [-0.1, -0.05) is 5.16 Å². The first-order chi connectivity index (χ1) is 6.45. The summed E-state index contributed by atoms with van der Waals surface area (Å²) in [6.45, 7) is 0. The fourth-order valence-corrected chi connectivity index (χ4v) is 1.53. The summed E-state index contributed by atoms with van der Waals surface area (Å²) < 4.78 is 5.11. The zero-order valence-electron chi connectivity index (χ0n) is 6.77. The van der Waals surface area contributed by atoms with E-state index >= 15 is 0 Å². The van der Waals surface area contributed by atoms with Crippen molar-refractivity contribution >= 4 is 21.9 Å². The molecule has 62 valence electrons. The predicted octanol–water partition coefficient (Wildman–Crippen LogP) is 2.38. The Bertz CT molecular complexity index is 571. The smallest absolute Gasteiger partial charge is 0.165 e. The molecule has 2 heterocycles. The molecule has 3 nitrogen and oxygen atoms in total. The SMILES string of the molecule is c1cc2c(ccc3nccc32)on1. The van der Waals surface area contributed by atoms with Gasteiger partial charge in [-0.05, 0) is 24.3 Å². The van der Waals surface area contributed by atoms with Crippen LogP contribution in [0.1, 0.15) is 0 Å². The predicted molar refractivity (Wildman–Crippen MR) is 49.3 cm³/mol. The van der Waals surface area contributed by atoms with Gasteiger partial charge in [-0.15, -0.1) is 0 Å². The van der Waals surface area contributed by atoms with Crippen LogP contribution in [-0.2, 0) is 0 Å². The van der Waals surface area contributed by atoms with Gasteiger partial charge in [0.1, 0.15) is 0 Å². The first kappa shape index (κ1) is 6.60. The van der Waals surface area contributed by atoms with Crippen molar-refractivity contribution in [3.05, 3.63) is 36.7 Å². The number of rotatable bonds is 0. The van der Waals surface area contributed by atoms with Gasteiger partial charge in [-0.3, -0.25) is 4.98 Å². The van der Waals surface area contributed by atoms with E-state index in [1.54, 1.807) is 12.4 Å². The van der Waals surface area contributed by atoms with Crippen LogP contribution in [0.15, 0.2) is 41.2 Å². The number of aromatic nitrogens is 2. The molecule has 0 aliphatic rings. The van der Waals surface area contributed by atoms with E-state index in [9.17, 15) is 0 Å². The maximum absolute atomic E-state index is 5.11. The van der Waals surface area contributed by atoms with Crippen molar-refractivity contribution in [3.63, 3.8) is 0 Å². The monoisotopic (exact) mass is 170 g/mol. The van der Waals surface area contributed by atoms with Crippen LogP contribution in [0.2, 0.25) is 0 Å². The van der Waals surface area contributed by atoms with Crippen LogP contribution >= 0.6 is 0 Å². The summed E-state index contributed by atoms with van der Waals surface area (Å²) in [6.07, 6.45) is 3.44. The molecule has 2 aromatic heterocycles. The zero-order chi connectivity index (χ0) is 8.67. The molecule has 3 aromatic rings. The fraction of sp³-hybridized carbons (Fsp3) is 0. The van der Waals surface area contributed by atoms with E-state index in [1.165, 1.54) is 0 Å². The summed E-state index contributed by atoms with van der Waals surface area (Å²) in [5.41, 5.74) is 1.79. The fourth-order valence-electron chi connectivity index (χ4n) is 1.53. The minimum absolute atomic E-state index is 0.794. The van der Waals surface area contributed by atoms with E-state index in [2.05, 4.69) is 10.1 Å². The standard InChI is InChI=1S/C10H6N2O/c1-2-10-8(4-6-12-13-10)7-3-5-11-9(1)7/h1-6H. The second-order valence-electron chi connectivity index (χ2n) is 2.87. The largest absolute Gasteiger partial charge is 0.356 e. The number of benzene rings is 1. The molecule has 3 rings (SSSR count). The highest BCUT2D eigenvalue weighted by Gasteiger charge is 2.02. The molecule has 0 atom stereocenters. The topological polar surface area (TPSA) is 38.9 Å². The Morgan fingerprint density at radius 1 is 0.923 bits per heavy atom. The van der Waals surface area contributed by atoms with Gasteiger partial charge in [0.05, 0.1) is 11.7 Å². The van der Waals surface area contributed by atoms with Gasteiger partial charge < -0.3 is 4.52 Å². The lowest BCUT2D eigenvalue weighted by atomic mass is 10.1. The van der Waals surface area contributed by atoms with E-state index in [4.69, 9.17) is 4.52 Å². The molecule has 0 saturated heterocycles. The number of hydrogen-bond donors (Lipinski definition) is 0. The van der Waals surface area contributed by atoms with Crippen molar-refractivity contribution in [2.45, 2.75) is 0 Å². The van der Waals surface area contributed by atoms with Crippen molar-refractivity contribution < 1.29 is 4.52 Å². The molecule has 0 fully saturated rings. The molecule has 0 saturated carbocycles. The van der Waals surface area contributed by atoms with Crippen LogP contribution in [0.25, 0.3) is 21.9 Å². The second kappa shape index (κ2) is 2.29. The van der Waals surface area contributed by atoms with Crippen molar-refractivity contribution in [2.24, 2.45) is 0 Å². The molecule has 0 aliphatic carbocycles. The van der Waals surface area contributed by atoms with Crippen LogP contribution in [-0.4, -0.2) is 10.1 Å². The first-order valence-electron chi connectivity index (χ1n) is 4.03. The molecule has 3 heteroatoms. The molecule has 0 N–H and O–H groups in total. The van der Waals surface area contributed by atoms with E-state index in [-0.39, 0.29) is 0 Å². The summed E-state index contributed by atoms with van der Waals surface area (Å²) in [5.74, 6) is 0. The molecular weight excluding hydrogens is 164 g/mol. The Morgan fingerprint density at radius 3 is 2.85 bits per heavy atom. The zero-order valence-corrected chi connectivity index (χ0v) is 6.77. The summed E-state index contributed by atoms with van der Waals surface area (Å²) in [7, 11) is 0. The number of nitrogens with zero attached hydrogens (tertiary/aromatic N) is 2. The third kappa shape index (κ3) is 0.839. The van der Waals surface area contributed by atoms with E-state index in [1.807, 2.05) is 24.3 Å². The molecule has 0 bridgehead atoms. The summed E-state index contributed by atoms with van der Waals surface area (Å²) in [4.78, 5) is 4.21. The van der Waals surface area contributed by atoms with Crippen molar-refractivity contribution in [3.8, 4) is 0 Å². The van der Waals surface area contributed by atoms with Gasteiger partial charge in [0, 0.05) is 17.0 Å². The van der Waals surface area contributed by atoms with Crippen molar-refractivity contribution in [1.29, 1.82) is 0 Å². The third-order valence-electron chi connectivity index (χ3n) is 2.13. The third-order valence-corrected chi connectivity index (χ3v) is 2.13. The Balaban J connectivity index is 2.65. The van der Waals surface area contributed by atoms with Gasteiger partial charge >= 0.3 is 0 Å². The molecule has 0 radical (unpaired) electrons.